The van der Waals surface area contributed by atoms with Crippen molar-refractivity contribution in [1.29, 1.82) is 0 Å². The number of rotatable bonds is 0. The first kappa shape index (κ1) is 11.4. The molecule has 0 saturated heterocycles. The molecule has 2 rings (SSSR count). The van der Waals surface area contributed by atoms with Crippen LogP contribution in [0.25, 0.3) is 0 Å². The number of hydrogen-bond donors (Lipinski definition) is 0. The summed E-state index contributed by atoms with van der Waals surface area (Å²) in [4.78, 5) is 9.22. The first-order chi connectivity index (χ1) is 7.29. The smallest absolute Gasteiger partial charge is 0.0878 e. The van der Waals surface area contributed by atoms with E-state index in [0.29, 0.717) is 0 Å². The van der Waals surface area contributed by atoms with Crippen molar-refractivity contribution in [3.63, 3.8) is 0 Å². The van der Waals surface area contributed by atoms with Gasteiger partial charge in [0.05, 0.1) is 22.6 Å². The van der Waals surface area contributed by atoms with Gasteiger partial charge in [-0.1, -0.05) is 0 Å². The molecule has 1 aromatic heterocycles. The third kappa shape index (κ3) is 1.27. The summed E-state index contributed by atoms with van der Waals surface area (Å²) in [6, 6.07) is 4.16. The fourth-order valence-electron chi connectivity index (χ4n) is 2.50. The first-order valence-electron chi connectivity index (χ1n) is 5.73. The fourth-order valence-corrected chi connectivity index (χ4v) is 2.50. The van der Waals surface area contributed by atoms with Crippen LogP contribution in [0.15, 0.2) is 18.3 Å². The number of aromatic nitrogens is 1. The summed E-state index contributed by atoms with van der Waals surface area (Å²) in [5, 5.41) is 0. The van der Waals surface area contributed by atoms with Crippen LogP contribution in [0.2, 0.25) is 0 Å². The van der Waals surface area contributed by atoms with Gasteiger partial charge in [0.1, 0.15) is 0 Å². The van der Waals surface area contributed by atoms with Crippen molar-refractivity contribution in [3.8, 4) is 0 Å². The van der Waals surface area contributed by atoms with E-state index in [1.54, 1.807) is 0 Å². The van der Waals surface area contributed by atoms with Crippen LogP contribution >= 0.6 is 0 Å². The second-order valence-corrected chi connectivity index (χ2v) is 5.54. The predicted molar refractivity (Wildman–Crippen MR) is 67.5 cm³/mol. The van der Waals surface area contributed by atoms with Crippen LogP contribution in [-0.4, -0.2) is 29.6 Å². The summed E-state index contributed by atoms with van der Waals surface area (Å²) in [5.74, 6) is 0. The van der Waals surface area contributed by atoms with E-state index in [1.165, 1.54) is 5.69 Å². The van der Waals surface area contributed by atoms with E-state index in [4.69, 9.17) is 0 Å². The lowest BCUT2D eigenvalue weighted by Crippen LogP contribution is -2.63. The molecule has 0 fully saturated rings. The zero-order chi connectivity index (χ0) is 12.1. The van der Waals surface area contributed by atoms with Gasteiger partial charge in [0.2, 0.25) is 0 Å². The van der Waals surface area contributed by atoms with Crippen LogP contribution in [0.3, 0.4) is 0 Å². The molecule has 3 nitrogen and oxygen atoms in total. The number of pyridine rings is 1. The molecule has 88 valence electrons. The average molecular weight is 219 g/mol. The highest BCUT2D eigenvalue weighted by Crippen LogP contribution is 2.43. The fraction of sp³-hybridized carbons (Fsp3) is 0.615. The normalized spacial score (nSPS) is 23.0. The topological polar surface area (TPSA) is 19.4 Å². The maximum atomic E-state index is 4.56. The van der Waals surface area contributed by atoms with Crippen LogP contribution in [-0.2, 0) is 5.54 Å². The molecule has 0 N–H and O–H groups in total. The van der Waals surface area contributed by atoms with Gasteiger partial charge in [-0.05, 0) is 46.9 Å². The molecule has 2 heterocycles. The molecule has 0 atom stereocenters. The third-order valence-corrected chi connectivity index (χ3v) is 4.21. The molecule has 1 aromatic rings. The highest BCUT2D eigenvalue weighted by atomic mass is 15.4. The van der Waals surface area contributed by atoms with Crippen molar-refractivity contribution >= 4 is 5.69 Å². The number of nitrogens with zero attached hydrogens (tertiary/aromatic N) is 3. The summed E-state index contributed by atoms with van der Waals surface area (Å²) in [7, 11) is 4.29. The van der Waals surface area contributed by atoms with Gasteiger partial charge in [0.15, 0.2) is 0 Å². The van der Waals surface area contributed by atoms with E-state index in [0.717, 1.165) is 5.69 Å². The lowest BCUT2D eigenvalue weighted by molar-refractivity contribution is 0.0279. The van der Waals surface area contributed by atoms with Crippen molar-refractivity contribution in [2.75, 3.05) is 19.0 Å². The zero-order valence-electron chi connectivity index (χ0n) is 11.1. The second kappa shape index (κ2) is 3.20. The van der Waals surface area contributed by atoms with Gasteiger partial charge in [-0.25, -0.2) is 0 Å². The molecule has 0 amide bonds. The quantitative estimate of drug-likeness (QED) is 0.668. The Balaban J connectivity index is 2.67. The van der Waals surface area contributed by atoms with Crippen molar-refractivity contribution < 1.29 is 0 Å². The highest BCUT2D eigenvalue weighted by molar-refractivity contribution is 5.56. The largest absolute Gasteiger partial charge is 0.355 e. The molecule has 0 unspecified atom stereocenters. The van der Waals surface area contributed by atoms with Gasteiger partial charge >= 0.3 is 0 Å². The van der Waals surface area contributed by atoms with Gasteiger partial charge in [0, 0.05) is 13.2 Å². The van der Waals surface area contributed by atoms with Gasteiger partial charge in [-0.3, -0.25) is 9.88 Å². The minimum atomic E-state index is -0.0351. The molecule has 0 radical (unpaired) electrons. The first-order valence-corrected chi connectivity index (χ1v) is 5.73. The standard InChI is InChI=1S/C13H21N3/c1-12(2)11-10(8-7-9-14-11)15(5)13(3,4)16(12)6/h7-9H,1-6H3. The molecule has 0 aromatic carbocycles. The van der Waals surface area contributed by atoms with Gasteiger partial charge < -0.3 is 4.90 Å². The number of anilines is 1. The molecule has 0 saturated carbocycles. The lowest BCUT2D eigenvalue weighted by Gasteiger charge is -2.56. The molecule has 0 spiro atoms. The molecule has 0 aliphatic carbocycles. The Morgan fingerprint density at radius 3 is 2.38 bits per heavy atom. The van der Waals surface area contributed by atoms with Crippen molar-refractivity contribution in [1.82, 2.24) is 9.88 Å². The summed E-state index contributed by atoms with van der Waals surface area (Å²) >= 11 is 0. The maximum absolute atomic E-state index is 4.56. The van der Waals surface area contributed by atoms with E-state index in [1.807, 2.05) is 12.3 Å². The second-order valence-electron chi connectivity index (χ2n) is 5.54. The van der Waals surface area contributed by atoms with E-state index in [-0.39, 0.29) is 11.2 Å². The van der Waals surface area contributed by atoms with Crippen LogP contribution in [0.5, 0.6) is 0 Å². The molecule has 16 heavy (non-hydrogen) atoms. The Morgan fingerprint density at radius 1 is 1.12 bits per heavy atom. The van der Waals surface area contributed by atoms with Crippen LogP contribution in [0.1, 0.15) is 33.4 Å². The minimum absolute atomic E-state index is 0.000463. The van der Waals surface area contributed by atoms with Crippen molar-refractivity contribution in [2.45, 2.75) is 38.9 Å². The van der Waals surface area contributed by atoms with Gasteiger partial charge in [0.25, 0.3) is 0 Å². The Hall–Kier alpha value is -1.09. The SMILES string of the molecule is CN1c2cccnc2C(C)(C)N(C)C1(C)C. The summed E-state index contributed by atoms with van der Waals surface area (Å²) < 4.78 is 0. The molecular formula is C13H21N3. The summed E-state index contributed by atoms with van der Waals surface area (Å²) in [5.41, 5.74) is 2.35. The van der Waals surface area contributed by atoms with E-state index >= 15 is 0 Å². The Labute approximate surface area is 98.1 Å². The van der Waals surface area contributed by atoms with Crippen molar-refractivity contribution in [2.24, 2.45) is 0 Å². The lowest BCUT2D eigenvalue weighted by atomic mass is 9.88. The number of fused-ring (bicyclic) bond motifs is 1. The minimum Gasteiger partial charge on any atom is -0.355 e. The third-order valence-electron chi connectivity index (χ3n) is 4.21. The zero-order valence-corrected chi connectivity index (χ0v) is 11.1. The van der Waals surface area contributed by atoms with Crippen LogP contribution in [0, 0.1) is 0 Å². The van der Waals surface area contributed by atoms with E-state index in [9.17, 15) is 0 Å². The van der Waals surface area contributed by atoms with E-state index in [2.05, 4.69) is 62.6 Å². The van der Waals surface area contributed by atoms with Gasteiger partial charge in [-0.15, -0.1) is 0 Å². The van der Waals surface area contributed by atoms with E-state index < -0.39 is 0 Å². The summed E-state index contributed by atoms with van der Waals surface area (Å²) in [6.07, 6.45) is 1.88. The number of hydrogen-bond acceptors (Lipinski definition) is 3. The van der Waals surface area contributed by atoms with Crippen LogP contribution in [0.4, 0.5) is 5.69 Å². The Morgan fingerprint density at radius 2 is 1.75 bits per heavy atom. The Bertz CT molecular complexity index is 409. The molecule has 0 bridgehead atoms. The molecule has 1 aliphatic heterocycles. The van der Waals surface area contributed by atoms with Crippen LogP contribution < -0.4 is 4.90 Å². The molecule has 1 aliphatic rings. The highest BCUT2D eigenvalue weighted by Gasteiger charge is 2.45. The van der Waals surface area contributed by atoms with Crippen molar-refractivity contribution in [3.05, 3.63) is 24.0 Å². The average Bonchev–Trinajstić information content (AvgIpc) is 2.25. The maximum Gasteiger partial charge on any atom is 0.0878 e. The Kier molecular flexibility index (Phi) is 2.28. The van der Waals surface area contributed by atoms with Gasteiger partial charge in [-0.2, -0.15) is 0 Å². The summed E-state index contributed by atoms with van der Waals surface area (Å²) in [6.45, 7) is 8.94. The molecular weight excluding hydrogens is 198 g/mol. The molecule has 3 heteroatoms. The monoisotopic (exact) mass is 219 g/mol. The predicted octanol–water partition coefficient (Wildman–Crippen LogP) is 2.43.